The average Bonchev–Trinajstić information content (AvgIpc) is 3.04. The fraction of sp³-hybridized carbons (Fsp3) is 0.118. The van der Waals surface area contributed by atoms with Gasteiger partial charge in [-0.2, -0.15) is 5.26 Å². The van der Waals surface area contributed by atoms with Crippen molar-refractivity contribution in [3.05, 3.63) is 62.2 Å². The minimum Gasteiger partial charge on any atom is -0.438 e. The number of allylic oxidation sites excluding steroid dienone is 1. The molecule has 0 unspecified atom stereocenters. The molecule has 1 aliphatic heterocycles. The molecule has 0 amide bonds. The lowest BCUT2D eigenvalue weighted by molar-refractivity contribution is 0.397. The van der Waals surface area contributed by atoms with Crippen LogP contribution in [0.2, 0.25) is 5.02 Å². The third-order valence-electron chi connectivity index (χ3n) is 4.15. The van der Waals surface area contributed by atoms with Gasteiger partial charge in [0.2, 0.25) is 5.88 Å². The van der Waals surface area contributed by atoms with Gasteiger partial charge in [-0.15, -0.1) is 0 Å². The molecule has 3 heterocycles. The molecular formula is C17H12ClN5O2S. The summed E-state index contributed by atoms with van der Waals surface area (Å²) < 4.78 is 6.35. The average molecular weight is 386 g/mol. The van der Waals surface area contributed by atoms with Gasteiger partial charge in [-0.25, -0.2) is 4.98 Å². The van der Waals surface area contributed by atoms with E-state index in [1.54, 1.807) is 31.3 Å². The molecule has 0 radical (unpaired) electrons. The summed E-state index contributed by atoms with van der Waals surface area (Å²) in [7, 11) is 1.74. The van der Waals surface area contributed by atoms with Crippen LogP contribution in [0.4, 0.5) is 5.13 Å². The summed E-state index contributed by atoms with van der Waals surface area (Å²) in [4.78, 5) is 19.9. The molecule has 0 spiro atoms. The van der Waals surface area contributed by atoms with Crippen LogP contribution in [0.1, 0.15) is 17.0 Å². The molecule has 0 bridgehead atoms. The minimum atomic E-state index is -0.644. The van der Waals surface area contributed by atoms with Gasteiger partial charge in [0.15, 0.2) is 16.5 Å². The van der Waals surface area contributed by atoms with E-state index in [9.17, 15) is 10.1 Å². The van der Waals surface area contributed by atoms with Crippen molar-refractivity contribution in [3.63, 3.8) is 0 Å². The topological polar surface area (TPSA) is 117 Å². The van der Waals surface area contributed by atoms with Crippen molar-refractivity contribution in [2.24, 2.45) is 5.73 Å². The van der Waals surface area contributed by atoms with E-state index in [1.165, 1.54) is 11.3 Å². The van der Waals surface area contributed by atoms with Crippen LogP contribution in [0.3, 0.4) is 0 Å². The second-order valence-electron chi connectivity index (χ2n) is 5.62. The Labute approximate surface area is 156 Å². The number of ether oxygens (including phenoxy) is 1. The number of aromatic amines is 1. The zero-order valence-electron chi connectivity index (χ0n) is 13.5. The number of thiazole rings is 1. The highest BCUT2D eigenvalue weighted by atomic mass is 35.5. The first-order chi connectivity index (χ1) is 12.5. The van der Waals surface area contributed by atoms with Gasteiger partial charge in [0, 0.05) is 12.1 Å². The molecule has 0 saturated heterocycles. The SMILES string of the molecule is CNc1nc2[nH]c(=O)c3c(c2s1)OC(N)=C(C#N)[C@H]3c1ccc(Cl)cc1. The number of halogens is 1. The summed E-state index contributed by atoms with van der Waals surface area (Å²) in [6.07, 6.45) is 0. The van der Waals surface area contributed by atoms with Crippen LogP contribution in [-0.4, -0.2) is 17.0 Å². The molecule has 9 heteroatoms. The predicted octanol–water partition coefficient (Wildman–Crippen LogP) is 2.90. The zero-order valence-corrected chi connectivity index (χ0v) is 15.0. The fourth-order valence-electron chi connectivity index (χ4n) is 2.99. The third-order valence-corrected chi connectivity index (χ3v) is 5.47. The Balaban J connectivity index is 2.05. The molecule has 0 fully saturated rings. The lowest BCUT2D eigenvalue weighted by Crippen LogP contribution is -2.27. The molecule has 0 saturated carbocycles. The van der Waals surface area contributed by atoms with Gasteiger partial charge >= 0.3 is 0 Å². The Morgan fingerprint density at radius 3 is 2.81 bits per heavy atom. The predicted molar refractivity (Wildman–Crippen MR) is 101 cm³/mol. The van der Waals surface area contributed by atoms with Crippen LogP contribution < -0.4 is 21.3 Å². The standard InChI is InChI=1S/C17H12ClN5O2S/c1-21-17-23-15-13(26-17)12-11(16(24)22-15)10(9(6-19)14(20)25-12)7-2-4-8(18)5-3-7/h2-5,10H,20H2,1H3,(H2,21,22,23,24)/t10-/m1/s1. The van der Waals surface area contributed by atoms with Crippen molar-refractivity contribution in [1.82, 2.24) is 9.97 Å². The molecule has 1 aromatic carbocycles. The van der Waals surface area contributed by atoms with E-state index in [0.717, 1.165) is 5.56 Å². The van der Waals surface area contributed by atoms with Gasteiger partial charge in [-0.1, -0.05) is 35.1 Å². The molecule has 130 valence electrons. The van der Waals surface area contributed by atoms with Gasteiger partial charge < -0.3 is 20.8 Å². The van der Waals surface area contributed by atoms with E-state index in [-0.39, 0.29) is 17.0 Å². The number of nitrogens with zero attached hydrogens (tertiary/aromatic N) is 2. The largest absolute Gasteiger partial charge is 0.438 e. The first-order valence-electron chi connectivity index (χ1n) is 7.61. The van der Waals surface area contributed by atoms with E-state index in [0.29, 0.717) is 31.8 Å². The molecule has 1 aliphatic rings. The Hall–Kier alpha value is -3.02. The number of nitriles is 1. The summed E-state index contributed by atoms with van der Waals surface area (Å²) in [5.74, 6) is -0.334. The second-order valence-corrected chi connectivity index (χ2v) is 7.06. The van der Waals surface area contributed by atoms with E-state index in [2.05, 4.69) is 21.4 Å². The van der Waals surface area contributed by atoms with Crippen molar-refractivity contribution in [3.8, 4) is 11.8 Å². The van der Waals surface area contributed by atoms with Crippen molar-refractivity contribution < 1.29 is 4.74 Å². The van der Waals surface area contributed by atoms with Gasteiger partial charge in [-0.05, 0) is 17.7 Å². The minimum absolute atomic E-state index is 0.0220. The first-order valence-corrected chi connectivity index (χ1v) is 8.80. The molecule has 4 N–H and O–H groups in total. The van der Waals surface area contributed by atoms with Crippen molar-refractivity contribution in [2.45, 2.75) is 5.92 Å². The maximum absolute atomic E-state index is 12.8. The summed E-state index contributed by atoms with van der Waals surface area (Å²) >= 11 is 7.30. The van der Waals surface area contributed by atoms with Gasteiger partial charge in [-0.3, -0.25) is 4.79 Å². The Kier molecular flexibility index (Phi) is 3.83. The second kappa shape index (κ2) is 6.05. The number of anilines is 1. The Morgan fingerprint density at radius 2 is 2.15 bits per heavy atom. The molecular weight excluding hydrogens is 374 g/mol. The van der Waals surface area contributed by atoms with Crippen molar-refractivity contribution in [2.75, 3.05) is 12.4 Å². The van der Waals surface area contributed by atoms with Crippen LogP contribution >= 0.6 is 22.9 Å². The van der Waals surface area contributed by atoms with Crippen molar-refractivity contribution in [1.29, 1.82) is 5.26 Å². The summed E-state index contributed by atoms with van der Waals surface area (Å²) in [6.45, 7) is 0. The molecule has 3 aromatic rings. The summed E-state index contributed by atoms with van der Waals surface area (Å²) in [5.41, 5.74) is 7.28. The quantitative estimate of drug-likeness (QED) is 0.624. The van der Waals surface area contributed by atoms with E-state index in [1.807, 2.05) is 0 Å². The monoisotopic (exact) mass is 385 g/mol. The highest BCUT2D eigenvalue weighted by Crippen LogP contribution is 2.45. The number of nitrogens with one attached hydrogen (secondary N) is 2. The number of H-pyrrole nitrogens is 1. The molecule has 0 aliphatic carbocycles. The number of nitrogens with two attached hydrogens (primary N) is 1. The number of pyridine rings is 1. The van der Waals surface area contributed by atoms with Gasteiger partial charge in [0.05, 0.1) is 11.5 Å². The van der Waals surface area contributed by atoms with E-state index in [4.69, 9.17) is 22.1 Å². The van der Waals surface area contributed by atoms with Crippen LogP contribution in [-0.2, 0) is 0 Å². The lowest BCUT2D eigenvalue weighted by atomic mass is 9.84. The van der Waals surface area contributed by atoms with Gasteiger partial charge in [0.1, 0.15) is 16.3 Å². The van der Waals surface area contributed by atoms with Crippen LogP contribution in [0, 0.1) is 11.3 Å². The fourth-order valence-corrected chi connectivity index (χ4v) is 3.99. The summed E-state index contributed by atoms with van der Waals surface area (Å²) in [5, 5.41) is 13.7. The molecule has 26 heavy (non-hydrogen) atoms. The molecule has 2 aromatic heterocycles. The van der Waals surface area contributed by atoms with E-state index < -0.39 is 5.92 Å². The normalized spacial score (nSPS) is 16.1. The number of benzene rings is 1. The zero-order chi connectivity index (χ0) is 18.4. The third kappa shape index (κ3) is 2.41. The maximum Gasteiger partial charge on any atom is 0.257 e. The Bertz CT molecular complexity index is 1160. The van der Waals surface area contributed by atoms with Crippen LogP contribution in [0.5, 0.6) is 5.75 Å². The molecule has 1 atom stereocenters. The van der Waals surface area contributed by atoms with Gasteiger partial charge in [0.25, 0.3) is 5.56 Å². The molecule has 4 rings (SSSR count). The maximum atomic E-state index is 12.8. The van der Waals surface area contributed by atoms with E-state index >= 15 is 0 Å². The Morgan fingerprint density at radius 1 is 1.42 bits per heavy atom. The lowest BCUT2D eigenvalue weighted by Gasteiger charge is -2.25. The first kappa shape index (κ1) is 16.4. The number of hydrogen-bond donors (Lipinski definition) is 3. The number of hydrogen-bond acceptors (Lipinski definition) is 7. The molecule has 7 nitrogen and oxygen atoms in total. The van der Waals surface area contributed by atoms with Crippen LogP contribution in [0.25, 0.3) is 10.3 Å². The highest BCUT2D eigenvalue weighted by Gasteiger charge is 2.35. The highest BCUT2D eigenvalue weighted by molar-refractivity contribution is 7.22. The number of fused-ring (bicyclic) bond motifs is 3. The smallest absolute Gasteiger partial charge is 0.257 e. The summed E-state index contributed by atoms with van der Waals surface area (Å²) in [6, 6.07) is 9.01. The van der Waals surface area contributed by atoms with Crippen molar-refractivity contribution >= 4 is 38.4 Å². The number of aromatic nitrogens is 2. The number of rotatable bonds is 2. The van der Waals surface area contributed by atoms with Crippen LogP contribution in [0.15, 0.2) is 40.5 Å².